The van der Waals surface area contributed by atoms with Crippen LogP contribution in [0.2, 0.25) is 0 Å². The summed E-state index contributed by atoms with van der Waals surface area (Å²) in [6.45, 7) is 1.80. The van der Waals surface area contributed by atoms with Gasteiger partial charge in [0, 0.05) is 21.3 Å². The van der Waals surface area contributed by atoms with Crippen LogP contribution in [0.5, 0.6) is 0 Å². The summed E-state index contributed by atoms with van der Waals surface area (Å²) in [6, 6.07) is 0. The van der Waals surface area contributed by atoms with Crippen molar-refractivity contribution in [3.63, 3.8) is 0 Å². The Morgan fingerprint density at radius 3 is 2.00 bits per heavy atom. The minimum absolute atomic E-state index is 0. The number of rotatable bonds is 5. The number of aromatic nitrogens is 2. The minimum Gasteiger partial charge on any atom is -1.00 e. The largest absolute Gasteiger partial charge is 1.00 e. The first kappa shape index (κ1) is 16.6. The second kappa shape index (κ2) is 5.97. The molecule has 0 N–H and O–H groups in total. The smallest absolute Gasteiger partial charge is 0.245 e. The van der Waals surface area contributed by atoms with Crippen molar-refractivity contribution >= 4 is 10.2 Å². The summed E-state index contributed by atoms with van der Waals surface area (Å²) in [4.78, 5) is 0. The zero-order valence-corrected chi connectivity index (χ0v) is 12.5. The third-order valence-electron chi connectivity index (χ3n) is 2.82. The summed E-state index contributed by atoms with van der Waals surface area (Å²) in [5.41, 5.74) is 0. The van der Waals surface area contributed by atoms with E-state index in [1.807, 2.05) is 34.9 Å². The molecule has 1 heterocycles. The number of hydrogen-bond acceptors (Lipinski definition) is 3. The first-order valence-electron chi connectivity index (χ1n) is 4.87. The highest BCUT2D eigenvalue weighted by molar-refractivity contribution is 6.13. The molecule has 17 heavy (non-hydrogen) atoms. The lowest BCUT2D eigenvalue weighted by Gasteiger charge is -2.39. The third-order valence-corrected chi connectivity index (χ3v) is 3.74. The van der Waals surface area contributed by atoms with Crippen molar-refractivity contribution in [2.24, 2.45) is 7.05 Å². The fourth-order valence-electron chi connectivity index (χ4n) is 1.52. The van der Waals surface area contributed by atoms with Gasteiger partial charge in [-0.2, -0.15) is 0 Å². The summed E-state index contributed by atoms with van der Waals surface area (Å²) in [5, 5.41) is -0.933. The molecule has 7 heteroatoms. The van der Waals surface area contributed by atoms with Crippen molar-refractivity contribution in [1.82, 2.24) is 4.57 Å². The molecule has 0 saturated heterocycles. The molecule has 5 nitrogen and oxygen atoms in total. The number of halogens is 1. The fraction of sp³-hybridized carbons (Fsp3) is 0.700. The molecule has 1 unspecified atom stereocenters. The lowest BCUT2D eigenvalue weighted by molar-refractivity contribution is -0.671. The van der Waals surface area contributed by atoms with Crippen molar-refractivity contribution < 1.29 is 31.2 Å². The van der Waals surface area contributed by atoms with Crippen LogP contribution in [-0.2, 0) is 26.6 Å². The van der Waals surface area contributed by atoms with Gasteiger partial charge in [-0.15, -0.1) is 0 Å². The van der Waals surface area contributed by atoms with Gasteiger partial charge in [-0.1, -0.05) is 0 Å². The van der Waals surface area contributed by atoms with Gasteiger partial charge < -0.3 is 26.6 Å². The molecule has 0 aliphatic carbocycles. The standard InChI is InChI=1S/C10H18N2O3Si.ClH/c1-9(13-3,14-4)10(16,15-5)12-7-6-11(2)8-12;/h6-8H,1-5H3;1H/q+1;/p-1. The first-order chi connectivity index (χ1) is 7.43. The van der Waals surface area contributed by atoms with Crippen LogP contribution < -0.4 is 17.0 Å². The van der Waals surface area contributed by atoms with Crippen LogP contribution >= 0.6 is 0 Å². The van der Waals surface area contributed by atoms with Crippen LogP contribution in [0.4, 0.5) is 0 Å². The van der Waals surface area contributed by atoms with Gasteiger partial charge in [-0.25, -0.2) is 9.13 Å². The Bertz CT molecular complexity index is 357. The summed E-state index contributed by atoms with van der Waals surface area (Å²) >= 11 is 0. The topological polar surface area (TPSA) is 36.5 Å². The van der Waals surface area contributed by atoms with Gasteiger partial charge in [0.25, 0.3) is 0 Å². The average Bonchev–Trinajstić information content (AvgIpc) is 2.73. The Morgan fingerprint density at radius 2 is 1.71 bits per heavy atom. The van der Waals surface area contributed by atoms with E-state index in [2.05, 4.69) is 10.2 Å². The Hall–Kier alpha value is -0.403. The maximum Gasteiger partial charge on any atom is 0.245 e. The molecular formula is C10H18ClN2O3Si. The molecule has 0 spiro atoms. The maximum atomic E-state index is 5.50. The van der Waals surface area contributed by atoms with Gasteiger partial charge in [-0.3, -0.25) is 0 Å². The number of imidazole rings is 1. The van der Waals surface area contributed by atoms with E-state index >= 15 is 0 Å². The van der Waals surface area contributed by atoms with Crippen LogP contribution in [0.15, 0.2) is 18.7 Å². The van der Waals surface area contributed by atoms with Crippen LogP contribution in [-0.4, -0.2) is 41.9 Å². The van der Waals surface area contributed by atoms with E-state index in [4.69, 9.17) is 14.2 Å². The summed E-state index contributed by atoms with van der Waals surface area (Å²) in [7, 11) is 10.2. The van der Waals surface area contributed by atoms with Crippen molar-refractivity contribution in [3.8, 4) is 0 Å². The molecule has 1 aromatic heterocycles. The average molecular weight is 278 g/mol. The van der Waals surface area contributed by atoms with E-state index in [0.717, 1.165) is 0 Å². The zero-order chi connectivity index (χ0) is 12.4. The SMILES string of the molecule is COC(C)(OC)C([Si])(OC)n1cc[n+](C)c1.[Cl-]. The summed E-state index contributed by atoms with van der Waals surface area (Å²) in [6.07, 6.45) is 5.64. The van der Waals surface area contributed by atoms with Crippen LogP contribution in [0, 0.1) is 0 Å². The molecule has 0 amide bonds. The van der Waals surface area contributed by atoms with Gasteiger partial charge in [0.1, 0.15) is 22.6 Å². The molecule has 0 aliphatic rings. The number of hydrogen-bond donors (Lipinski definition) is 0. The van der Waals surface area contributed by atoms with Crippen LogP contribution in [0.1, 0.15) is 6.92 Å². The van der Waals surface area contributed by atoms with E-state index in [1.54, 1.807) is 28.3 Å². The molecule has 3 radical (unpaired) electrons. The predicted octanol–water partition coefficient (Wildman–Crippen LogP) is -3.25. The molecule has 0 bridgehead atoms. The zero-order valence-electron chi connectivity index (χ0n) is 10.7. The highest BCUT2D eigenvalue weighted by Gasteiger charge is 2.51. The lowest BCUT2D eigenvalue weighted by atomic mass is 10.2. The Labute approximate surface area is 111 Å². The van der Waals surface area contributed by atoms with E-state index in [0.29, 0.717) is 0 Å². The van der Waals surface area contributed by atoms with E-state index in [-0.39, 0.29) is 12.4 Å². The van der Waals surface area contributed by atoms with Gasteiger partial charge in [0.2, 0.25) is 17.5 Å². The first-order valence-corrected chi connectivity index (χ1v) is 5.37. The van der Waals surface area contributed by atoms with Crippen molar-refractivity contribution in [2.45, 2.75) is 18.1 Å². The monoisotopic (exact) mass is 277 g/mol. The van der Waals surface area contributed by atoms with Crippen molar-refractivity contribution in [3.05, 3.63) is 18.7 Å². The number of ether oxygens (including phenoxy) is 3. The van der Waals surface area contributed by atoms with Gasteiger partial charge in [-0.05, 0) is 6.92 Å². The Balaban J connectivity index is 0.00000256. The van der Waals surface area contributed by atoms with Gasteiger partial charge >= 0.3 is 0 Å². The number of nitrogens with zero attached hydrogens (tertiary/aromatic N) is 2. The fourth-order valence-corrected chi connectivity index (χ4v) is 1.86. The predicted molar refractivity (Wildman–Crippen MR) is 58.8 cm³/mol. The molecule has 0 fully saturated rings. The molecule has 1 atom stereocenters. The number of aryl methyl sites for hydroxylation is 1. The molecule has 1 aromatic rings. The minimum atomic E-state index is -0.954. The van der Waals surface area contributed by atoms with E-state index in [1.165, 1.54) is 0 Å². The number of methoxy groups -OCH3 is 3. The lowest BCUT2D eigenvalue weighted by Crippen LogP contribution is -3.00. The quantitative estimate of drug-likeness (QED) is 0.322. The van der Waals surface area contributed by atoms with Gasteiger partial charge in [0.05, 0.1) is 7.05 Å². The normalized spacial score (nSPS) is 15.2. The Kier molecular flexibility index (Phi) is 5.83. The second-order valence-electron chi connectivity index (χ2n) is 3.69. The third kappa shape index (κ3) is 2.71. The van der Waals surface area contributed by atoms with E-state index < -0.39 is 11.1 Å². The molecular weight excluding hydrogens is 260 g/mol. The summed E-state index contributed by atoms with van der Waals surface area (Å²) in [5.74, 6) is -0.954. The second-order valence-corrected chi connectivity index (χ2v) is 4.37. The van der Waals surface area contributed by atoms with Crippen LogP contribution in [0.3, 0.4) is 0 Å². The molecule has 1 rings (SSSR count). The van der Waals surface area contributed by atoms with Gasteiger partial charge in [0.15, 0.2) is 0 Å². The molecule has 0 aliphatic heterocycles. The molecule has 97 valence electrons. The van der Waals surface area contributed by atoms with Crippen molar-refractivity contribution in [2.75, 3.05) is 21.3 Å². The van der Waals surface area contributed by atoms with E-state index in [9.17, 15) is 0 Å². The molecule has 0 saturated carbocycles. The molecule has 0 aromatic carbocycles. The summed E-state index contributed by atoms with van der Waals surface area (Å²) < 4.78 is 20.0. The Morgan fingerprint density at radius 1 is 1.18 bits per heavy atom. The highest BCUT2D eigenvalue weighted by Crippen LogP contribution is 2.31. The maximum absolute atomic E-state index is 5.50. The van der Waals surface area contributed by atoms with Crippen LogP contribution in [0.25, 0.3) is 0 Å². The highest BCUT2D eigenvalue weighted by atomic mass is 35.5. The van der Waals surface area contributed by atoms with Crippen molar-refractivity contribution in [1.29, 1.82) is 0 Å².